The number of nitrogens with zero attached hydrogens (tertiary/aromatic N) is 2. The van der Waals surface area contributed by atoms with Crippen LogP contribution in [0.5, 0.6) is 0 Å². The smallest absolute Gasteiger partial charge is 0.223 e. The van der Waals surface area contributed by atoms with Crippen LogP contribution in [-0.2, 0) is 21.1 Å². The number of nitrogen functional groups attached to an aromatic ring is 1. The lowest BCUT2D eigenvalue weighted by molar-refractivity contribution is -0.132. The molecule has 2 aromatic rings. The molecule has 0 bridgehead atoms. The third kappa shape index (κ3) is 4.21. The molecule has 2 aromatic heterocycles. The molecular formula is C16H21N3O3S3. The standard InChI is InChI=1S/C16H21N3O3S3/c1-2-19(11-7-9-25(21,22)10-11)14(20)6-5-13-15(18-16(17)24-13)12-4-3-8-23-12/h3-4,8,11H,2,5-7,9-10H2,1H3,(H2,17,18). The van der Waals surface area contributed by atoms with Crippen molar-refractivity contribution in [1.82, 2.24) is 9.88 Å². The van der Waals surface area contributed by atoms with Gasteiger partial charge in [-0.1, -0.05) is 6.07 Å². The van der Waals surface area contributed by atoms with E-state index in [4.69, 9.17) is 5.73 Å². The van der Waals surface area contributed by atoms with Crippen molar-refractivity contribution in [2.75, 3.05) is 23.8 Å². The van der Waals surface area contributed by atoms with Gasteiger partial charge in [-0.05, 0) is 31.2 Å². The molecule has 1 aliphatic heterocycles. The van der Waals surface area contributed by atoms with Crippen LogP contribution in [0.3, 0.4) is 0 Å². The fourth-order valence-electron chi connectivity index (χ4n) is 3.17. The Morgan fingerprint density at radius 2 is 2.28 bits per heavy atom. The van der Waals surface area contributed by atoms with Crippen LogP contribution in [0.1, 0.15) is 24.6 Å². The summed E-state index contributed by atoms with van der Waals surface area (Å²) in [5.74, 6) is 0.254. The number of amides is 1. The zero-order valence-electron chi connectivity index (χ0n) is 14.0. The number of hydrogen-bond donors (Lipinski definition) is 1. The second-order valence-corrected chi connectivity index (χ2v) is 10.3. The van der Waals surface area contributed by atoms with Crippen molar-refractivity contribution in [3.63, 3.8) is 0 Å². The van der Waals surface area contributed by atoms with E-state index in [1.807, 2.05) is 24.4 Å². The molecule has 2 N–H and O–H groups in total. The minimum absolute atomic E-state index is 0.00583. The molecule has 9 heteroatoms. The molecule has 0 aliphatic carbocycles. The normalized spacial score (nSPS) is 19.2. The molecule has 1 aliphatic rings. The molecular weight excluding hydrogens is 378 g/mol. The highest BCUT2D eigenvalue weighted by Gasteiger charge is 2.33. The number of hydrogen-bond acceptors (Lipinski definition) is 7. The summed E-state index contributed by atoms with van der Waals surface area (Å²) in [5, 5.41) is 2.49. The zero-order chi connectivity index (χ0) is 18.0. The van der Waals surface area contributed by atoms with Gasteiger partial charge in [0.25, 0.3) is 0 Å². The fraction of sp³-hybridized carbons (Fsp3) is 0.500. The summed E-state index contributed by atoms with van der Waals surface area (Å²) in [5.41, 5.74) is 6.72. The van der Waals surface area contributed by atoms with E-state index < -0.39 is 9.84 Å². The summed E-state index contributed by atoms with van der Waals surface area (Å²) < 4.78 is 23.4. The number of thiophene rings is 1. The average Bonchev–Trinajstić information content (AvgIpc) is 3.26. The molecule has 0 radical (unpaired) electrons. The zero-order valence-corrected chi connectivity index (χ0v) is 16.4. The summed E-state index contributed by atoms with van der Waals surface area (Å²) in [7, 11) is -3.00. The first-order chi connectivity index (χ1) is 11.9. The lowest BCUT2D eigenvalue weighted by Crippen LogP contribution is -2.41. The molecule has 3 heterocycles. The molecule has 136 valence electrons. The maximum atomic E-state index is 12.6. The Hall–Kier alpha value is -1.45. The van der Waals surface area contributed by atoms with Gasteiger partial charge in [0.05, 0.1) is 22.1 Å². The maximum Gasteiger partial charge on any atom is 0.223 e. The first-order valence-electron chi connectivity index (χ1n) is 8.18. The quantitative estimate of drug-likeness (QED) is 0.805. The first kappa shape index (κ1) is 18.3. The summed E-state index contributed by atoms with van der Waals surface area (Å²) in [6, 6.07) is 3.77. The van der Waals surface area contributed by atoms with Crippen LogP contribution in [-0.4, -0.2) is 48.3 Å². The van der Waals surface area contributed by atoms with E-state index in [-0.39, 0.29) is 23.5 Å². The number of anilines is 1. The summed E-state index contributed by atoms with van der Waals surface area (Å²) >= 11 is 3.01. The lowest BCUT2D eigenvalue weighted by atomic mass is 10.1. The molecule has 1 amide bonds. The maximum absolute atomic E-state index is 12.6. The van der Waals surface area contributed by atoms with Gasteiger partial charge < -0.3 is 10.6 Å². The van der Waals surface area contributed by atoms with E-state index >= 15 is 0 Å². The second kappa shape index (κ2) is 7.43. The van der Waals surface area contributed by atoms with Crippen LogP contribution in [0, 0.1) is 0 Å². The molecule has 0 aromatic carbocycles. The molecule has 1 unspecified atom stereocenters. The van der Waals surface area contributed by atoms with Crippen LogP contribution in [0.4, 0.5) is 5.13 Å². The van der Waals surface area contributed by atoms with Crippen molar-refractivity contribution in [1.29, 1.82) is 0 Å². The summed E-state index contributed by atoms with van der Waals surface area (Å²) in [4.78, 5) is 20.8. The highest BCUT2D eigenvalue weighted by atomic mass is 32.2. The number of aromatic nitrogens is 1. The van der Waals surface area contributed by atoms with E-state index in [0.717, 1.165) is 15.4 Å². The van der Waals surface area contributed by atoms with Gasteiger partial charge in [0.15, 0.2) is 15.0 Å². The average molecular weight is 400 g/mol. The Bertz CT molecular complexity index is 843. The van der Waals surface area contributed by atoms with Crippen molar-refractivity contribution >= 4 is 43.5 Å². The molecule has 25 heavy (non-hydrogen) atoms. The third-order valence-corrected chi connectivity index (χ3v) is 7.92. The van der Waals surface area contributed by atoms with Crippen molar-refractivity contribution in [2.45, 2.75) is 32.2 Å². The van der Waals surface area contributed by atoms with Gasteiger partial charge in [0, 0.05) is 23.9 Å². The highest BCUT2D eigenvalue weighted by molar-refractivity contribution is 7.91. The van der Waals surface area contributed by atoms with Crippen LogP contribution in [0.25, 0.3) is 10.6 Å². The van der Waals surface area contributed by atoms with E-state index in [9.17, 15) is 13.2 Å². The van der Waals surface area contributed by atoms with Crippen LogP contribution >= 0.6 is 22.7 Å². The van der Waals surface area contributed by atoms with Crippen LogP contribution in [0.2, 0.25) is 0 Å². The number of thiazole rings is 1. The highest BCUT2D eigenvalue weighted by Crippen LogP contribution is 2.33. The van der Waals surface area contributed by atoms with Crippen LogP contribution in [0.15, 0.2) is 17.5 Å². The van der Waals surface area contributed by atoms with E-state index in [2.05, 4.69) is 4.98 Å². The first-order valence-corrected chi connectivity index (χ1v) is 11.7. The summed E-state index contributed by atoms with van der Waals surface area (Å²) in [6.07, 6.45) is 1.44. The number of rotatable bonds is 6. The van der Waals surface area contributed by atoms with Crippen molar-refractivity contribution in [2.24, 2.45) is 0 Å². The minimum atomic E-state index is -3.00. The van der Waals surface area contributed by atoms with Gasteiger partial charge in [-0.15, -0.1) is 22.7 Å². The molecule has 1 fully saturated rings. The van der Waals surface area contributed by atoms with Gasteiger partial charge in [-0.25, -0.2) is 13.4 Å². The molecule has 6 nitrogen and oxygen atoms in total. The molecule has 3 rings (SSSR count). The third-order valence-electron chi connectivity index (χ3n) is 4.34. The number of carbonyl (C=O) groups is 1. The monoisotopic (exact) mass is 399 g/mol. The fourth-order valence-corrected chi connectivity index (χ4v) is 6.55. The van der Waals surface area contributed by atoms with Crippen molar-refractivity contribution < 1.29 is 13.2 Å². The SMILES string of the molecule is CCN(C(=O)CCc1sc(N)nc1-c1cccs1)C1CCS(=O)(=O)C1. The van der Waals surface area contributed by atoms with Crippen LogP contribution < -0.4 is 5.73 Å². The van der Waals surface area contributed by atoms with Crippen molar-refractivity contribution in [3.05, 3.63) is 22.4 Å². The largest absolute Gasteiger partial charge is 0.375 e. The van der Waals surface area contributed by atoms with E-state index in [1.165, 1.54) is 11.3 Å². The Labute approximate surface area is 155 Å². The summed E-state index contributed by atoms with van der Waals surface area (Å²) in [6.45, 7) is 2.42. The molecule has 0 spiro atoms. The minimum Gasteiger partial charge on any atom is -0.375 e. The van der Waals surface area contributed by atoms with Gasteiger partial charge in [-0.3, -0.25) is 4.79 Å². The van der Waals surface area contributed by atoms with Crippen molar-refractivity contribution in [3.8, 4) is 10.6 Å². The van der Waals surface area contributed by atoms with E-state index in [0.29, 0.717) is 30.9 Å². The van der Waals surface area contributed by atoms with Gasteiger partial charge >= 0.3 is 0 Å². The predicted molar refractivity (Wildman–Crippen MR) is 103 cm³/mol. The van der Waals surface area contributed by atoms with E-state index in [1.54, 1.807) is 16.2 Å². The molecule has 0 saturated carbocycles. The van der Waals surface area contributed by atoms with Gasteiger partial charge in [-0.2, -0.15) is 0 Å². The second-order valence-electron chi connectivity index (χ2n) is 6.04. The van der Waals surface area contributed by atoms with Gasteiger partial charge in [0.1, 0.15) is 0 Å². The Morgan fingerprint density at radius 3 is 2.88 bits per heavy atom. The number of sulfone groups is 1. The number of nitrogens with two attached hydrogens (primary N) is 1. The number of aryl methyl sites for hydroxylation is 1. The Kier molecular flexibility index (Phi) is 5.45. The van der Waals surface area contributed by atoms with Gasteiger partial charge in [0.2, 0.25) is 5.91 Å². The Balaban J connectivity index is 1.68. The topological polar surface area (TPSA) is 93.4 Å². The Morgan fingerprint density at radius 1 is 1.48 bits per heavy atom. The molecule has 1 atom stereocenters. The number of carbonyl (C=O) groups excluding carboxylic acids is 1. The predicted octanol–water partition coefficient (Wildman–Crippen LogP) is 2.42. The molecule has 1 saturated heterocycles. The lowest BCUT2D eigenvalue weighted by Gasteiger charge is -2.26.